The van der Waals surface area contributed by atoms with Gasteiger partial charge in [-0.05, 0) is 30.4 Å². The topological polar surface area (TPSA) is 33.8 Å². The molecule has 4 aliphatic heterocycles. The molecule has 4 heterocycles. The van der Waals surface area contributed by atoms with Crippen LogP contribution >= 0.6 is 23.8 Å². The molecule has 8 heteroatoms. The van der Waals surface area contributed by atoms with Crippen LogP contribution in [0.25, 0.3) is 0 Å². The molecule has 118 valence electrons. The van der Waals surface area contributed by atoms with Gasteiger partial charge in [0.15, 0.2) is 5.11 Å². The van der Waals surface area contributed by atoms with Crippen molar-refractivity contribution in [1.29, 1.82) is 0 Å². The van der Waals surface area contributed by atoms with Crippen molar-refractivity contribution >= 4 is 34.6 Å². The number of hydrogen-bond donors (Lipinski definition) is 2. The SMILES string of the molecule is Fc1ccc(NC(=S)NC23CN4CN(CN(C4)C2)C3)cc1Cl. The number of hydrogen-bond acceptors (Lipinski definition) is 4. The minimum absolute atomic E-state index is 0.0390. The van der Waals surface area contributed by atoms with Gasteiger partial charge in [-0.15, -0.1) is 0 Å². The molecule has 0 aliphatic carbocycles. The first-order valence-electron chi connectivity index (χ1n) is 7.23. The smallest absolute Gasteiger partial charge is 0.171 e. The van der Waals surface area contributed by atoms with E-state index in [0.717, 1.165) is 39.6 Å². The zero-order valence-electron chi connectivity index (χ0n) is 12.0. The van der Waals surface area contributed by atoms with Crippen LogP contribution < -0.4 is 10.6 Å². The van der Waals surface area contributed by atoms with Gasteiger partial charge in [0.2, 0.25) is 0 Å². The first-order chi connectivity index (χ1) is 10.5. The lowest BCUT2D eigenvalue weighted by Gasteiger charge is -2.60. The number of anilines is 1. The van der Waals surface area contributed by atoms with E-state index < -0.39 is 5.82 Å². The van der Waals surface area contributed by atoms with Crippen LogP contribution in [0.1, 0.15) is 0 Å². The summed E-state index contributed by atoms with van der Waals surface area (Å²) < 4.78 is 13.2. The highest BCUT2D eigenvalue weighted by atomic mass is 35.5. The molecule has 5 nitrogen and oxygen atoms in total. The van der Waals surface area contributed by atoms with E-state index in [2.05, 4.69) is 25.3 Å². The Morgan fingerprint density at radius 3 is 2.27 bits per heavy atom. The van der Waals surface area contributed by atoms with Crippen LogP contribution in [0.4, 0.5) is 10.1 Å². The van der Waals surface area contributed by atoms with Crippen molar-refractivity contribution in [3.05, 3.63) is 29.0 Å². The molecule has 4 bridgehead atoms. The second-order valence-electron chi connectivity index (χ2n) is 6.40. The molecule has 0 unspecified atom stereocenters. The number of benzene rings is 1. The lowest BCUT2D eigenvalue weighted by molar-refractivity contribution is -0.145. The van der Waals surface area contributed by atoms with Gasteiger partial charge in [-0.1, -0.05) is 11.6 Å². The third-order valence-corrected chi connectivity index (χ3v) is 4.83. The molecule has 22 heavy (non-hydrogen) atoms. The molecule has 0 radical (unpaired) electrons. The van der Waals surface area contributed by atoms with Gasteiger partial charge in [0.1, 0.15) is 5.82 Å². The first kappa shape index (κ1) is 14.6. The molecule has 4 saturated heterocycles. The lowest BCUT2D eigenvalue weighted by Crippen LogP contribution is -2.80. The second-order valence-corrected chi connectivity index (χ2v) is 7.21. The normalized spacial score (nSPS) is 35.5. The summed E-state index contributed by atoms with van der Waals surface area (Å²) >= 11 is 11.2. The molecule has 0 amide bonds. The Kier molecular flexibility index (Phi) is 3.50. The Balaban J connectivity index is 1.44. The van der Waals surface area contributed by atoms with Gasteiger partial charge in [-0.3, -0.25) is 14.7 Å². The number of nitrogens with one attached hydrogen (secondary N) is 2. The van der Waals surface area contributed by atoms with Crippen LogP contribution in [0.2, 0.25) is 5.02 Å². The average molecular weight is 342 g/mol. The maximum Gasteiger partial charge on any atom is 0.171 e. The predicted molar refractivity (Wildman–Crippen MR) is 88.2 cm³/mol. The van der Waals surface area contributed by atoms with Gasteiger partial charge >= 0.3 is 0 Å². The van der Waals surface area contributed by atoms with E-state index in [4.69, 9.17) is 23.8 Å². The highest BCUT2D eigenvalue weighted by Crippen LogP contribution is 2.29. The Morgan fingerprint density at radius 2 is 1.73 bits per heavy atom. The Morgan fingerprint density at radius 1 is 1.14 bits per heavy atom. The van der Waals surface area contributed by atoms with E-state index >= 15 is 0 Å². The van der Waals surface area contributed by atoms with E-state index in [-0.39, 0.29) is 10.6 Å². The van der Waals surface area contributed by atoms with Crippen molar-refractivity contribution in [3.63, 3.8) is 0 Å². The Labute approximate surface area is 139 Å². The Bertz CT molecular complexity index is 590. The number of nitrogens with zero attached hydrogens (tertiary/aromatic N) is 3. The quantitative estimate of drug-likeness (QED) is 0.790. The molecular formula is C14H17ClFN5S. The molecule has 1 aromatic carbocycles. The standard InChI is InChI=1S/C14H17ClFN5S/c15-11-3-10(1-2-12(11)16)17-13(22)18-14-4-19-7-20(5-14)9-21(6-14)8-19/h1-3H,4-9H2,(H2,17,18,22). The molecule has 4 aliphatic rings. The van der Waals surface area contributed by atoms with Gasteiger partial charge in [0.25, 0.3) is 0 Å². The van der Waals surface area contributed by atoms with Gasteiger partial charge in [0.05, 0.1) is 30.6 Å². The van der Waals surface area contributed by atoms with Crippen molar-refractivity contribution in [2.75, 3.05) is 45.0 Å². The number of thiocarbonyl (C=S) groups is 1. The van der Waals surface area contributed by atoms with E-state index in [1.165, 1.54) is 6.07 Å². The largest absolute Gasteiger partial charge is 0.353 e. The van der Waals surface area contributed by atoms with Crippen molar-refractivity contribution in [1.82, 2.24) is 20.0 Å². The fraction of sp³-hybridized carbons (Fsp3) is 0.500. The van der Waals surface area contributed by atoms with Crippen molar-refractivity contribution in [2.45, 2.75) is 5.54 Å². The maximum atomic E-state index is 13.2. The first-order valence-corrected chi connectivity index (χ1v) is 8.01. The zero-order valence-corrected chi connectivity index (χ0v) is 13.6. The fourth-order valence-electron chi connectivity index (χ4n) is 3.81. The third kappa shape index (κ3) is 2.68. The molecule has 2 N–H and O–H groups in total. The van der Waals surface area contributed by atoms with Crippen LogP contribution in [0, 0.1) is 5.82 Å². The van der Waals surface area contributed by atoms with Gasteiger partial charge < -0.3 is 10.6 Å². The molecular weight excluding hydrogens is 325 g/mol. The summed E-state index contributed by atoms with van der Waals surface area (Å²) in [5.74, 6) is -0.430. The van der Waals surface area contributed by atoms with Crippen molar-refractivity contribution in [3.8, 4) is 0 Å². The molecule has 0 spiro atoms. The Hall–Kier alpha value is -0.990. The third-order valence-electron chi connectivity index (χ3n) is 4.33. The molecule has 1 aromatic rings. The predicted octanol–water partition coefficient (Wildman–Crippen LogP) is 1.32. The van der Waals surface area contributed by atoms with Crippen LogP contribution in [0.3, 0.4) is 0 Å². The summed E-state index contributed by atoms with van der Waals surface area (Å²) in [6, 6.07) is 4.51. The average Bonchev–Trinajstić information content (AvgIpc) is 2.40. The fourth-order valence-corrected chi connectivity index (χ4v) is 4.33. The minimum atomic E-state index is -0.430. The van der Waals surface area contributed by atoms with Crippen molar-refractivity contribution < 1.29 is 4.39 Å². The lowest BCUT2D eigenvalue weighted by atomic mass is 9.91. The number of halogens is 2. The second kappa shape index (κ2) is 5.28. The van der Waals surface area contributed by atoms with Gasteiger partial charge in [-0.2, -0.15) is 0 Å². The summed E-state index contributed by atoms with van der Waals surface area (Å²) in [5, 5.41) is 7.20. The molecule has 5 rings (SSSR count). The summed E-state index contributed by atoms with van der Waals surface area (Å²) in [7, 11) is 0. The summed E-state index contributed by atoms with van der Waals surface area (Å²) in [6.07, 6.45) is 0. The van der Waals surface area contributed by atoms with Gasteiger partial charge in [0, 0.05) is 25.3 Å². The summed E-state index contributed by atoms with van der Waals surface area (Å²) in [6.45, 7) is 6.08. The van der Waals surface area contributed by atoms with E-state index in [1.807, 2.05) is 0 Å². The van der Waals surface area contributed by atoms with Crippen LogP contribution in [0.15, 0.2) is 18.2 Å². The molecule has 0 atom stereocenters. The van der Waals surface area contributed by atoms with E-state index in [1.54, 1.807) is 12.1 Å². The van der Waals surface area contributed by atoms with Gasteiger partial charge in [-0.25, -0.2) is 4.39 Å². The molecule has 4 fully saturated rings. The monoisotopic (exact) mass is 341 g/mol. The van der Waals surface area contributed by atoms with Crippen LogP contribution in [-0.2, 0) is 0 Å². The number of rotatable bonds is 2. The van der Waals surface area contributed by atoms with E-state index in [9.17, 15) is 4.39 Å². The molecule has 0 saturated carbocycles. The summed E-state index contributed by atoms with van der Waals surface area (Å²) in [4.78, 5) is 7.25. The van der Waals surface area contributed by atoms with Crippen LogP contribution in [-0.4, -0.2) is 65.0 Å². The van der Waals surface area contributed by atoms with Crippen molar-refractivity contribution in [2.24, 2.45) is 0 Å². The highest BCUT2D eigenvalue weighted by Gasteiger charge is 2.48. The van der Waals surface area contributed by atoms with Crippen LogP contribution in [0.5, 0.6) is 0 Å². The highest BCUT2D eigenvalue weighted by molar-refractivity contribution is 7.80. The maximum absolute atomic E-state index is 13.2. The summed E-state index contributed by atoms with van der Waals surface area (Å²) in [5.41, 5.74) is 0.650. The zero-order chi connectivity index (χ0) is 15.3. The molecule has 0 aromatic heterocycles. The minimum Gasteiger partial charge on any atom is -0.353 e. The van der Waals surface area contributed by atoms with E-state index in [0.29, 0.717) is 10.8 Å².